The molecule has 0 aliphatic rings. The van der Waals surface area contributed by atoms with Crippen LogP contribution in [-0.4, -0.2) is 27.5 Å². The Kier molecular flexibility index (Phi) is 4.49. The third kappa shape index (κ3) is 3.34. The second-order valence-corrected chi connectivity index (χ2v) is 4.11. The fourth-order valence-electron chi connectivity index (χ4n) is 1.35. The summed E-state index contributed by atoms with van der Waals surface area (Å²) >= 11 is 3.27. The molecule has 0 saturated carbocycles. The predicted molar refractivity (Wildman–Crippen MR) is 62.5 cm³/mol. The second-order valence-electron chi connectivity index (χ2n) is 3.32. The van der Waals surface area contributed by atoms with Crippen LogP contribution in [0.1, 0.15) is 32.7 Å². The lowest BCUT2D eigenvalue weighted by Gasteiger charge is -2.04. The van der Waals surface area contributed by atoms with Crippen molar-refractivity contribution < 1.29 is 19.8 Å². The minimum atomic E-state index is -1.11. The minimum absolute atomic E-state index is 0.0180. The van der Waals surface area contributed by atoms with Crippen LogP contribution in [0, 0.1) is 0 Å². The van der Waals surface area contributed by atoms with Crippen molar-refractivity contribution in [3.63, 3.8) is 0 Å². The highest BCUT2D eigenvalue weighted by atomic mass is 79.9. The average Bonchev–Trinajstić information content (AvgIpc) is 2.25. The first-order valence-corrected chi connectivity index (χ1v) is 5.83. The number of carbonyl (C=O) groups is 2. The van der Waals surface area contributed by atoms with E-state index in [1.807, 2.05) is 0 Å². The molecule has 1 rings (SSSR count). The van der Waals surface area contributed by atoms with E-state index in [2.05, 4.69) is 15.9 Å². The molecule has 0 spiro atoms. The molecule has 0 amide bonds. The van der Waals surface area contributed by atoms with Gasteiger partial charge in [0.15, 0.2) is 0 Å². The normalized spacial score (nSPS) is 10.1. The van der Waals surface area contributed by atoms with Gasteiger partial charge in [-0.05, 0) is 36.6 Å². The number of hydrogen-bond acceptors (Lipinski definition) is 2. The summed E-state index contributed by atoms with van der Waals surface area (Å²) in [5.74, 6) is -2.22. The Morgan fingerprint density at radius 3 is 1.94 bits per heavy atom. The van der Waals surface area contributed by atoms with E-state index >= 15 is 0 Å². The molecule has 0 aliphatic heterocycles. The highest BCUT2D eigenvalue weighted by Gasteiger charge is 2.10. The molecule has 0 saturated heterocycles. The molecule has 1 aromatic rings. The lowest BCUT2D eigenvalue weighted by atomic mass is 10.0. The summed E-state index contributed by atoms with van der Waals surface area (Å²) in [4.78, 5) is 21.6. The highest BCUT2D eigenvalue weighted by molar-refractivity contribution is 9.09. The zero-order valence-corrected chi connectivity index (χ0v) is 10.0. The molecule has 16 heavy (non-hydrogen) atoms. The lowest BCUT2D eigenvalue weighted by Crippen LogP contribution is -2.04. The van der Waals surface area contributed by atoms with Crippen LogP contribution < -0.4 is 0 Å². The number of hydrogen-bond donors (Lipinski definition) is 2. The summed E-state index contributed by atoms with van der Waals surface area (Å²) in [6.07, 6.45) is 1.49. The topological polar surface area (TPSA) is 74.6 Å². The quantitative estimate of drug-likeness (QED) is 0.815. The van der Waals surface area contributed by atoms with Gasteiger partial charge in [0.1, 0.15) is 0 Å². The maximum absolute atomic E-state index is 10.8. The van der Waals surface area contributed by atoms with Crippen molar-refractivity contribution >= 4 is 27.9 Å². The van der Waals surface area contributed by atoms with Crippen LogP contribution in [-0.2, 0) is 6.42 Å². The monoisotopic (exact) mass is 286 g/mol. The van der Waals surface area contributed by atoms with Gasteiger partial charge in [-0.2, -0.15) is 0 Å². The molecule has 0 unspecified atom stereocenters. The first kappa shape index (κ1) is 12.7. The van der Waals surface area contributed by atoms with Gasteiger partial charge >= 0.3 is 11.9 Å². The summed E-state index contributed by atoms with van der Waals surface area (Å²) < 4.78 is 0. The van der Waals surface area contributed by atoms with Crippen molar-refractivity contribution in [2.75, 3.05) is 5.33 Å². The second kappa shape index (κ2) is 5.65. The number of aryl methyl sites for hydroxylation is 1. The third-order valence-corrected chi connectivity index (χ3v) is 2.65. The summed E-state index contributed by atoms with van der Waals surface area (Å²) in [6, 6.07) is 4.19. The Labute approximate surface area is 101 Å². The Morgan fingerprint density at radius 1 is 1.06 bits per heavy atom. The maximum Gasteiger partial charge on any atom is 0.335 e. The molecule has 0 atom stereocenters. The lowest BCUT2D eigenvalue weighted by molar-refractivity contribution is 0.0696. The van der Waals surface area contributed by atoms with Crippen molar-refractivity contribution in [1.29, 1.82) is 0 Å². The molecule has 0 bridgehead atoms. The van der Waals surface area contributed by atoms with Crippen LogP contribution in [0.25, 0.3) is 0 Å². The van der Waals surface area contributed by atoms with Crippen LogP contribution >= 0.6 is 15.9 Å². The van der Waals surface area contributed by atoms with E-state index in [1.165, 1.54) is 18.2 Å². The summed E-state index contributed by atoms with van der Waals surface area (Å²) in [6.45, 7) is 0. The smallest absolute Gasteiger partial charge is 0.335 e. The molecular formula is C11H11BrO4. The van der Waals surface area contributed by atoms with E-state index in [4.69, 9.17) is 10.2 Å². The van der Waals surface area contributed by atoms with Crippen LogP contribution in [0.4, 0.5) is 0 Å². The van der Waals surface area contributed by atoms with Crippen molar-refractivity contribution in [2.24, 2.45) is 0 Å². The van der Waals surface area contributed by atoms with Crippen molar-refractivity contribution in [3.8, 4) is 0 Å². The van der Waals surface area contributed by atoms with Crippen molar-refractivity contribution in [3.05, 3.63) is 34.9 Å². The highest BCUT2D eigenvalue weighted by Crippen LogP contribution is 2.13. The largest absolute Gasteiger partial charge is 0.478 e. The first-order chi connectivity index (χ1) is 7.54. The van der Waals surface area contributed by atoms with Gasteiger partial charge in [-0.1, -0.05) is 15.9 Å². The van der Waals surface area contributed by atoms with Gasteiger partial charge < -0.3 is 10.2 Å². The van der Waals surface area contributed by atoms with E-state index in [9.17, 15) is 9.59 Å². The molecule has 0 aromatic heterocycles. The zero-order chi connectivity index (χ0) is 12.1. The fraction of sp³-hybridized carbons (Fsp3) is 0.273. The molecule has 0 fully saturated rings. The molecule has 4 nitrogen and oxygen atoms in total. The van der Waals surface area contributed by atoms with Gasteiger partial charge in [-0.25, -0.2) is 9.59 Å². The number of carboxylic acid groups (broad SMARTS) is 2. The predicted octanol–water partition coefficient (Wildman–Crippen LogP) is 2.41. The van der Waals surface area contributed by atoms with Crippen LogP contribution in [0.5, 0.6) is 0 Å². The number of benzene rings is 1. The molecule has 0 radical (unpaired) electrons. The number of aromatic carboxylic acids is 2. The zero-order valence-electron chi connectivity index (χ0n) is 8.44. The van der Waals surface area contributed by atoms with Gasteiger partial charge in [-0.3, -0.25) is 0 Å². The minimum Gasteiger partial charge on any atom is -0.478 e. The van der Waals surface area contributed by atoms with Crippen LogP contribution in [0.3, 0.4) is 0 Å². The van der Waals surface area contributed by atoms with Gasteiger partial charge in [-0.15, -0.1) is 0 Å². The molecule has 0 heterocycles. The van der Waals surface area contributed by atoms with E-state index in [0.29, 0.717) is 6.42 Å². The van der Waals surface area contributed by atoms with E-state index in [1.54, 1.807) is 0 Å². The Morgan fingerprint density at radius 2 is 1.56 bits per heavy atom. The standard InChI is InChI=1S/C11H11BrO4/c12-3-1-2-7-4-8(10(13)14)6-9(5-7)11(15)16/h4-6H,1-3H2,(H,13,14)(H,15,16). The van der Waals surface area contributed by atoms with Crippen molar-refractivity contribution in [1.82, 2.24) is 0 Å². The summed E-state index contributed by atoms with van der Waals surface area (Å²) in [7, 11) is 0. The van der Waals surface area contributed by atoms with Gasteiger partial charge in [0, 0.05) is 5.33 Å². The first-order valence-electron chi connectivity index (χ1n) is 4.71. The number of halogens is 1. The van der Waals surface area contributed by atoms with E-state index in [-0.39, 0.29) is 11.1 Å². The third-order valence-electron chi connectivity index (χ3n) is 2.09. The molecule has 1 aromatic carbocycles. The average molecular weight is 287 g/mol. The van der Waals surface area contributed by atoms with Gasteiger partial charge in [0.05, 0.1) is 11.1 Å². The summed E-state index contributed by atoms with van der Waals surface area (Å²) in [5, 5.41) is 18.5. The van der Waals surface area contributed by atoms with Gasteiger partial charge in [0.25, 0.3) is 0 Å². The van der Waals surface area contributed by atoms with E-state index < -0.39 is 11.9 Å². The molecule has 2 N–H and O–H groups in total. The summed E-state index contributed by atoms with van der Waals surface area (Å²) in [5.41, 5.74) is 0.769. The van der Waals surface area contributed by atoms with E-state index in [0.717, 1.165) is 17.3 Å². The molecule has 86 valence electrons. The molecule has 0 aliphatic carbocycles. The van der Waals surface area contributed by atoms with Crippen molar-refractivity contribution in [2.45, 2.75) is 12.8 Å². The number of carboxylic acids is 2. The maximum atomic E-state index is 10.8. The van der Waals surface area contributed by atoms with Crippen LogP contribution in [0.2, 0.25) is 0 Å². The van der Waals surface area contributed by atoms with Crippen LogP contribution in [0.15, 0.2) is 18.2 Å². The van der Waals surface area contributed by atoms with Gasteiger partial charge in [0.2, 0.25) is 0 Å². The Bertz CT molecular complexity index is 382. The Hall–Kier alpha value is -1.36. The molecule has 5 heteroatoms. The fourth-order valence-corrected chi connectivity index (χ4v) is 1.63. The number of alkyl halides is 1. The number of rotatable bonds is 5. The Balaban J connectivity index is 3.08. The SMILES string of the molecule is O=C(O)c1cc(CCCBr)cc(C(=O)O)c1. The molecular weight excluding hydrogens is 276 g/mol.